The number of nitrogen functional groups attached to an aromatic ring is 1. The molecule has 0 atom stereocenters. The first-order chi connectivity index (χ1) is 26.8. The fourth-order valence-electron chi connectivity index (χ4n) is 6.05. The zero-order chi connectivity index (χ0) is 38.1. The molecule has 0 bridgehead atoms. The monoisotopic (exact) mass is 720 g/mol. The topological polar surface area (TPSA) is 147 Å². The molecule has 5 N–H and O–H groups in total. The van der Waals surface area contributed by atoms with Crippen LogP contribution in [0.3, 0.4) is 0 Å². The summed E-state index contributed by atoms with van der Waals surface area (Å²) in [4.78, 5) is 36.8. The second-order valence-electron chi connectivity index (χ2n) is 12.8. The molecule has 0 radical (unpaired) electrons. The largest absolute Gasteiger partial charge is 0.399 e. The SMILES string of the molecule is CC(=O)Nc1cccc(C(=O)c2ccc3c(/C=C/c4ccccc4)n[nH]c3c2)c1.Nc1cccc(C(=O)c2ccc3c(/C=C/c4ccccc4)n[nH]c3c2)c1. The molecule has 2 aromatic heterocycles. The van der Waals surface area contributed by atoms with Crippen LogP contribution in [0.1, 0.15) is 61.3 Å². The highest BCUT2D eigenvalue weighted by atomic mass is 16.1. The number of nitrogens with zero attached hydrogens (tertiary/aromatic N) is 2. The lowest BCUT2D eigenvalue weighted by Crippen LogP contribution is -2.07. The second-order valence-corrected chi connectivity index (χ2v) is 12.8. The summed E-state index contributed by atoms with van der Waals surface area (Å²) in [6.45, 7) is 1.44. The third-order valence-electron chi connectivity index (χ3n) is 8.77. The van der Waals surface area contributed by atoms with Crippen molar-refractivity contribution in [1.29, 1.82) is 0 Å². The van der Waals surface area contributed by atoms with Gasteiger partial charge >= 0.3 is 0 Å². The maximum absolute atomic E-state index is 12.9. The lowest BCUT2D eigenvalue weighted by Gasteiger charge is -2.05. The summed E-state index contributed by atoms with van der Waals surface area (Å²) in [7, 11) is 0. The van der Waals surface area contributed by atoms with Gasteiger partial charge in [0, 0.05) is 51.3 Å². The number of anilines is 2. The van der Waals surface area contributed by atoms with E-state index in [-0.39, 0.29) is 17.5 Å². The fraction of sp³-hybridized carbons (Fsp3) is 0.0217. The highest BCUT2D eigenvalue weighted by Gasteiger charge is 2.14. The van der Waals surface area contributed by atoms with E-state index in [0.717, 1.165) is 44.3 Å². The number of nitrogens with one attached hydrogen (secondary N) is 3. The highest BCUT2D eigenvalue weighted by Crippen LogP contribution is 2.24. The average Bonchev–Trinajstić information content (AvgIpc) is 3.82. The van der Waals surface area contributed by atoms with Crippen molar-refractivity contribution in [1.82, 2.24) is 20.4 Å². The maximum Gasteiger partial charge on any atom is 0.221 e. The van der Waals surface area contributed by atoms with E-state index in [1.807, 2.05) is 109 Å². The average molecular weight is 721 g/mol. The Labute approximate surface area is 317 Å². The van der Waals surface area contributed by atoms with E-state index in [9.17, 15) is 14.4 Å². The molecule has 0 spiro atoms. The standard InChI is InChI=1S/C24H19N3O2.C22H17N3O/c1-16(28)25-20-9-5-8-18(14-20)24(29)19-11-12-21-22(26-27-23(21)15-19)13-10-17-6-3-2-4-7-17;23-18-8-4-7-16(13-18)22(26)17-10-11-19-20(24-25-21(19)14-17)12-9-15-5-2-1-3-6-15/h2-15H,1H3,(H,25,28)(H,26,27);1-14H,23H2,(H,24,25)/b13-10+;12-9+. The number of fused-ring (bicyclic) bond motifs is 2. The molecule has 2 heterocycles. The van der Waals surface area contributed by atoms with Crippen LogP contribution in [0.4, 0.5) is 11.4 Å². The number of H-pyrrole nitrogens is 2. The van der Waals surface area contributed by atoms with Crippen LogP contribution in [0.2, 0.25) is 0 Å². The van der Waals surface area contributed by atoms with Gasteiger partial charge in [0.15, 0.2) is 11.6 Å². The van der Waals surface area contributed by atoms with Crippen LogP contribution in [0.15, 0.2) is 146 Å². The Bertz CT molecular complexity index is 2710. The van der Waals surface area contributed by atoms with Crippen molar-refractivity contribution in [3.63, 3.8) is 0 Å². The quantitative estimate of drug-likeness (QED) is 0.0863. The van der Waals surface area contributed by atoms with Gasteiger partial charge < -0.3 is 11.1 Å². The Balaban J connectivity index is 0.000000170. The van der Waals surface area contributed by atoms with Crippen molar-refractivity contribution in [2.24, 2.45) is 0 Å². The van der Waals surface area contributed by atoms with Crippen LogP contribution >= 0.6 is 0 Å². The van der Waals surface area contributed by atoms with E-state index < -0.39 is 0 Å². The van der Waals surface area contributed by atoms with Crippen molar-refractivity contribution in [3.8, 4) is 0 Å². The van der Waals surface area contributed by atoms with Crippen LogP contribution in [-0.2, 0) is 4.79 Å². The molecule has 6 aromatic carbocycles. The maximum atomic E-state index is 12.9. The van der Waals surface area contributed by atoms with Crippen molar-refractivity contribution < 1.29 is 14.4 Å². The lowest BCUT2D eigenvalue weighted by atomic mass is 10.0. The van der Waals surface area contributed by atoms with E-state index in [0.29, 0.717) is 33.6 Å². The molecule has 0 aliphatic rings. The van der Waals surface area contributed by atoms with Gasteiger partial charge in [-0.3, -0.25) is 24.6 Å². The van der Waals surface area contributed by atoms with Gasteiger partial charge in [-0.15, -0.1) is 0 Å². The zero-order valence-electron chi connectivity index (χ0n) is 29.9. The number of hydrogen-bond donors (Lipinski definition) is 4. The van der Waals surface area contributed by atoms with Gasteiger partial charge in [0.05, 0.1) is 22.4 Å². The molecule has 9 heteroatoms. The number of carbonyl (C=O) groups is 3. The third-order valence-corrected chi connectivity index (χ3v) is 8.77. The number of aromatic amines is 2. The lowest BCUT2D eigenvalue weighted by molar-refractivity contribution is -0.114. The van der Waals surface area contributed by atoms with Crippen LogP contribution < -0.4 is 11.1 Å². The molecule has 268 valence electrons. The van der Waals surface area contributed by atoms with Crippen LogP contribution in [0.25, 0.3) is 46.1 Å². The molecule has 55 heavy (non-hydrogen) atoms. The van der Waals surface area contributed by atoms with Crippen molar-refractivity contribution in [3.05, 3.63) is 190 Å². The number of rotatable bonds is 9. The zero-order valence-corrected chi connectivity index (χ0v) is 29.9. The highest BCUT2D eigenvalue weighted by molar-refractivity contribution is 6.12. The molecule has 8 aromatic rings. The van der Waals surface area contributed by atoms with E-state index >= 15 is 0 Å². The van der Waals surface area contributed by atoms with Gasteiger partial charge in [0.1, 0.15) is 0 Å². The molecular weight excluding hydrogens is 685 g/mol. The van der Waals surface area contributed by atoms with Crippen LogP contribution in [0.5, 0.6) is 0 Å². The summed E-state index contributed by atoms with van der Waals surface area (Å²) < 4.78 is 0. The first-order valence-corrected chi connectivity index (χ1v) is 17.6. The molecule has 0 unspecified atom stereocenters. The minimum Gasteiger partial charge on any atom is -0.399 e. The molecule has 0 aliphatic heterocycles. The number of aromatic nitrogens is 4. The summed E-state index contributed by atoms with van der Waals surface area (Å²) in [5.74, 6) is -0.352. The van der Waals surface area contributed by atoms with Gasteiger partial charge in [-0.05, 0) is 71.8 Å². The Morgan fingerprint density at radius 2 is 1.00 bits per heavy atom. The number of carbonyl (C=O) groups excluding carboxylic acids is 3. The minimum absolute atomic E-state index is 0.0600. The number of benzene rings is 6. The van der Waals surface area contributed by atoms with E-state index in [1.165, 1.54) is 6.92 Å². The molecule has 0 aliphatic carbocycles. The molecule has 0 saturated heterocycles. The number of amides is 1. The van der Waals surface area contributed by atoms with Crippen molar-refractivity contribution in [2.75, 3.05) is 11.1 Å². The van der Waals surface area contributed by atoms with Gasteiger partial charge in [-0.1, -0.05) is 109 Å². The van der Waals surface area contributed by atoms with E-state index in [2.05, 4.69) is 25.7 Å². The summed E-state index contributed by atoms with van der Waals surface area (Å²) in [5.41, 5.74) is 14.7. The van der Waals surface area contributed by atoms with Crippen LogP contribution in [0, 0.1) is 0 Å². The number of ketones is 2. The minimum atomic E-state index is -0.176. The fourth-order valence-corrected chi connectivity index (χ4v) is 6.05. The molecule has 1 amide bonds. The van der Waals surface area contributed by atoms with E-state index in [1.54, 1.807) is 60.7 Å². The molecule has 0 fully saturated rings. The molecule has 9 nitrogen and oxygen atoms in total. The third kappa shape index (κ3) is 8.70. The van der Waals surface area contributed by atoms with Crippen molar-refractivity contribution in [2.45, 2.75) is 6.92 Å². The van der Waals surface area contributed by atoms with Gasteiger partial charge in [-0.25, -0.2) is 0 Å². The van der Waals surface area contributed by atoms with Crippen LogP contribution in [-0.4, -0.2) is 37.9 Å². The molecule has 8 rings (SSSR count). The first kappa shape index (κ1) is 35.7. The number of nitrogens with two attached hydrogens (primary N) is 1. The molecular formula is C46H36N6O3. The van der Waals surface area contributed by atoms with Crippen molar-refractivity contribution >= 4 is 75.0 Å². The predicted molar refractivity (Wildman–Crippen MR) is 221 cm³/mol. The summed E-state index contributed by atoms with van der Waals surface area (Å²) in [6.07, 6.45) is 7.93. The summed E-state index contributed by atoms with van der Waals surface area (Å²) >= 11 is 0. The second kappa shape index (κ2) is 16.4. The Morgan fingerprint density at radius 3 is 1.49 bits per heavy atom. The Morgan fingerprint density at radius 1 is 0.527 bits per heavy atom. The predicted octanol–water partition coefficient (Wildman–Crippen LogP) is 9.47. The molecule has 0 saturated carbocycles. The summed E-state index contributed by atoms with van der Waals surface area (Å²) in [5, 5.41) is 19.3. The smallest absolute Gasteiger partial charge is 0.221 e. The Hall–Kier alpha value is -7.65. The van der Waals surface area contributed by atoms with Gasteiger partial charge in [-0.2, -0.15) is 10.2 Å². The van der Waals surface area contributed by atoms with E-state index in [4.69, 9.17) is 5.73 Å². The normalized spacial score (nSPS) is 11.1. The van der Waals surface area contributed by atoms with Gasteiger partial charge in [0.25, 0.3) is 0 Å². The number of hydrogen-bond acceptors (Lipinski definition) is 6. The van der Waals surface area contributed by atoms with Gasteiger partial charge in [0.2, 0.25) is 5.91 Å². The first-order valence-electron chi connectivity index (χ1n) is 17.6. The Kier molecular flexibility index (Phi) is 10.6. The summed E-state index contributed by atoms with van der Waals surface area (Å²) in [6, 6.07) is 45.0.